The molecule has 7 rings (SSSR count). The number of rotatable bonds is 5. The van der Waals surface area contributed by atoms with E-state index in [9.17, 15) is 14.4 Å². The third-order valence-corrected chi connectivity index (χ3v) is 9.09. The molecular weight excluding hydrogens is 576 g/mol. The number of hydrazone groups is 1. The highest BCUT2D eigenvalue weighted by Gasteiger charge is 2.55. The number of allylic oxidation sites excluding steroid dienone is 1. The maximum absolute atomic E-state index is 14.1. The number of halogens is 1. The smallest absolute Gasteiger partial charge is 0.264 e. The second-order valence-electron chi connectivity index (χ2n) is 11.8. The van der Waals surface area contributed by atoms with Crippen LogP contribution < -0.4 is 4.90 Å². The van der Waals surface area contributed by atoms with Crippen LogP contribution in [0.2, 0.25) is 5.02 Å². The lowest BCUT2D eigenvalue weighted by Gasteiger charge is -2.30. The summed E-state index contributed by atoms with van der Waals surface area (Å²) in [6.45, 7) is 3.87. The molecule has 222 valence electrons. The third kappa shape index (κ3) is 4.91. The lowest BCUT2D eigenvalue weighted by Crippen LogP contribution is -2.45. The topological polar surface area (TPSA) is 98.0 Å². The first kappa shape index (κ1) is 28.2. The van der Waals surface area contributed by atoms with Gasteiger partial charge in [-0.25, -0.2) is 9.91 Å². The number of carbonyl (C=O) groups excluding carboxylic acids is 3. The van der Waals surface area contributed by atoms with Crippen LogP contribution in [0.5, 0.6) is 0 Å². The highest BCUT2D eigenvalue weighted by atomic mass is 35.5. The Balaban J connectivity index is 1.18. The monoisotopic (exact) mass is 606 g/mol. The maximum atomic E-state index is 14.1. The van der Waals surface area contributed by atoms with Crippen LogP contribution in [-0.2, 0) is 14.4 Å². The molecule has 4 aliphatic rings. The zero-order valence-electron chi connectivity index (χ0n) is 24.4. The number of amides is 3. The molecule has 4 atom stereocenters. The highest BCUT2D eigenvalue weighted by molar-refractivity contribution is 6.31. The average molecular weight is 607 g/mol. The Morgan fingerprint density at radius 3 is 2.30 bits per heavy atom. The first-order chi connectivity index (χ1) is 21.3. The maximum Gasteiger partial charge on any atom is 0.264 e. The van der Waals surface area contributed by atoms with E-state index in [-0.39, 0.29) is 24.4 Å². The van der Waals surface area contributed by atoms with Gasteiger partial charge in [-0.2, -0.15) is 10.2 Å². The molecule has 1 saturated carbocycles. The van der Waals surface area contributed by atoms with Crippen LogP contribution in [-0.4, -0.2) is 52.1 Å². The van der Waals surface area contributed by atoms with Gasteiger partial charge < -0.3 is 0 Å². The summed E-state index contributed by atoms with van der Waals surface area (Å²) in [6, 6.07) is 20.8. The molecule has 0 spiro atoms. The van der Waals surface area contributed by atoms with Crippen LogP contribution in [0.1, 0.15) is 47.6 Å². The minimum absolute atomic E-state index is 0.0372. The van der Waals surface area contributed by atoms with Crippen molar-refractivity contribution in [3.05, 3.63) is 106 Å². The number of anilines is 1. The van der Waals surface area contributed by atoms with Crippen molar-refractivity contribution in [2.45, 2.75) is 51.2 Å². The Hall–Kier alpha value is -4.63. The van der Waals surface area contributed by atoms with Crippen molar-refractivity contribution < 1.29 is 14.4 Å². The second kappa shape index (κ2) is 11.1. The Labute approximate surface area is 260 Å². The molecule has 3 heterocycles. The average Bonchev–Trinajstić information content (AvgIpc) is 3.69. The van der Waals surface area contributed by atoms with Gasteiger partial charge in [-0.15, -0.1) is 0 Å². The molecule has 3 aliphatic heterocycles. The number of hydrogen-bond donors (Lipinski definition) is 0. The van der Waals surface area contributed by atoms with Gasteiger partial charge in [-0.3, -0.25) is 19.4 Å². The summed E-state index contributed by atoms with van der Waals surface area (Å²) in [4.78, 5) is 41.9. The first-order valence-electron chi connectivity index (χ1n) is 14.8. The molecule has 0 aromatic heterocycles. The molecule has 0 radical (unpaired) electrons. The second-order valence-corrected chi connectivity index (χ2v) is 12.3. The van der Waals surface area contributed by atoms with Crippen molar-refractivity contribution in [2.75, 3.05) is 11.4 Å². The molecule has 3 amide bonds. The van der Waals surface area contributed by atoms with Crippen LogP contribution in [0.3, 0.4) is 0 Å². The summed E-state index contributed by atoms with van der Waals surface area (Å²) < 4.78 is 0. The van der Waals surface area contributed by atoms with E-state index in [0.29, 0.717) is 10.7 Å². The van der Waals surface area contributed by atoms with Crippen LogP contribution >= 0.6 is 11.6 Å². The lowest BCUT2D eigenvalue weighted by molar-refractivity contribution is -0.136. The number of carbonyl (C=O) groups is 3. The minimum Gasteiger partial charge on any atom is -0.271 e. The van der Waals surface area contributed by atoms with Crippen molar-refractivity contribution in [2.24, 2.45) is 21.4 Å². The summed E-state index contributed by atoms with van der Waals surface area (Å²) in [7, 11) is 0. The standard InChI is InChI=1S/C34H31ClN6O3/c1-20-6-10-22(11-7-20)18-24-4-3-5-27-29(24)37-41(31(27)23-12-8-21(2)9-13-23)28(42)19-39-32-30(36-38-39)33(43)40(34(32)44)26-16-14-25(35)15-17-26/h6-18,27,30-32H,3-5,19H2,1-2H3/b24-18+/t27-,30-,31+,32+/m0/s1. The fourth-order valence-corrected chi connectivity index (χ4v) is 6.70. The van der Waals surface area contributed by atoms with Gasteiger partial charge in [0.15, 0.2) is 12.1 Å². The largest absolute Gasteiger partial charge is 0.271 e. The Bertz CT molecular complexity index is 1730. The fourth-order valence-electron chi connectivity index (χ4n) is 6.58. The summed E-state index contributed by atoms with van der Waals surface area (Å²) in [5.41, 5.74) is 6.90. The molecule has 0 bridgehead atoms. The Morgan fingerprint density at radius 2 is 1.59 bits per heavy atom. The third-order valence-electron chi connectivity index (χ3n) is 8.83. The molecule has 0 unspecified atom stereocenters. The van der Waals surface area contributed by atoms with Crippen LogP contribution in [0.4, 0.5) is 5.69 Å². The zero-order valence-corrected chi connectivity index (χ0v) is 25.2. The first-order valence-corrected chi connectivity index (χ1v) is 15.2. The minimum atomic E-state index is -1.00. The number of benzene rings is 3. The van der Waals surface area contributed by atoms with E-state index in [2.05, 4.69) is 71.9 Å². The summed E-state index contributed by atoms with van der Waals surface area (Å²) in [5.74, 6) is -1.22. The van der Waals surface area contributed by atoms with E-state index in [1.54, 1.807) is 29.3 Å². The number of imide groups is 1. The van der Waals surface area contributed by atoms with E-state index in [4.69, 9.17) is 16.7 Å². The predicted molar refractivity (Wildman–Crippen MR) is 168 cm³/mol. The van der Waals surface area contributed by atoms with Crippen molar-refractivity contribution in [3.8, 4) is 0 Å². The van der Waals surface area contributed by atoms with E-state index in [1.807, 2.05) is 6.92 Å². The highest BCUT2D eigenvalue weighted by Crippen LogP contribution is 2.45. The Kier molecular flexibility index (Phi) is 7.13. The molecule has 44 heavy (non-hydrogen) atoms. The van der Waals surface area contributed by atoms with Crippen LogP contribution in [0.25, 0.3) is 6.08 Å². The summed E-state index contributed by atoms with van der Waals surface area (Å²) in [5, 5.41) is 16.6. The van der Waals surface area contributed by atoms with Crippen molar-refractivity contribution in [1.29, 1.82) is 0 Å². The van der Waals surface area contributed by atoms with Gasteiger partial charge >= 0.3 is 0 Å². The number of aryl methyl sites for hydroxylation is 2. The quantitative estimate of drug-likeness (QED) is 0.329. The van der Waals surface area contributed by atoms with E-state index in [1.165, 1.54) is 10.6 Å². The number of fused-ring (bicyclic) bond motifs is 2. The normalized spacial score (nSPS) is 25.1. The molecule has 10 heteroatoms. The summed E-state index contributed by atoms with van der Waals surface area (Å²) >= 11 is 6.01. The van der Waals surface area contributed by atoms with Crippen molar-refractivity contribution >= 4 is 46.8 Å². The van der Waals surface area contributed by atoms with Gasteiger partial charge in [-0.1, -0.05) is 76.5 Å². The van der Waals surface area contributed by atoms with Gasteiger partial charge in [0.25, 0.3) is 17.7 Å². The molecule has 1 saturated heterocycles. The zero-order chi connectivity index (χ0) is 30.5. The van der Waals surface area contributed by atoms with Crippen molar-refractivity contribution in [1.82, 2.24) is 10.0 Å². The Morgan fingerprint density at radius 1 is 0.909 bits per heavy atom. The molecular formula is C34H31ClN6O3. The SMILES string of the molecule is Cc1ccc(/C=C2\CCC[C@H]3C2=NN(C(=O)CN2N=N[C@@H]4C(=O)N(c5ccc(Cl)cc5)C(=O)[C@@H]42)[C@@H]3c2ccc(C)cc2)cc1. The van der Waals surface area contributed by atoms with E-state index >= 15 is 0 Å². The predicted octanol–water partition coefficient (Wildman–Crippen LogP) is 6.07. The van der Waals surface area contributed by atoms with Gasteiger partial charge in [0.1, 0.15) is 6.54 Å². The van der Waals surface area contributed by atoms with Crippen LogP contribution in [0.15, 0.2) is 93.8 Å². The van der Waals surface area contributed by atoms with Gasteiger partial charge in [0.05, 0.1) is 17.4 Å². The molecule has 0 N–H and O–H groups in total. The van der Waals surface area contributed by atoms with Gasteiger partial charge in [-0.05, 0) is 80.2 Å². The molecule has 3 aromatic rings. The number of hydrogen-bond acceptors (Lipinski definition) is 7. The molecule has 3 aromatic carbocycles. The van der Waals surface area contributed by atoms with Gasteiger partial charge in [0, 0.05) is 10.9 Å². The van der Waals surface area contributed by atoms with Gasteiger partial charge in [0.2, 0.25) is 0 Å². The van der Waals surface area contributed by atoms with Crippen molar-refractivity contribution in [3.63, 3.8) is 0 Å². The van der Waals surface area contributed by atoms with E-state index < -0.39 is 23.9 Å². The molecule has 9 nitrogen and oxygen atoms in total. The molecule has 1 aliphatic carbocycles. The fraction of sp³-hybridized carbons (Fsp3) is 0.294. The van der Waals surface area contributed by atoms with E-state index in [0.717, 1.165) is 52.1 Å². The lowest BCUT2D eigenvalue weighted by atomic mass is 9.77. The number of nitrogens with zero attached hydrogens (tertiary/aromatic N) is 6. The summed E-state index contributed by atoms with van der Waals surface area (Å²) in [6.07, 6.45) is 4.96. The van der Waals surface area contributed by atoms with Crippen LogP contribution in [0, 0.1) is 19.8 Å². The molecule has 2 fully saturated rings.